The molecule has 0 saturated carbocycles. The highest BCUT2D eigenvalue weighted by Gasteiger charge is 2.39. The first kappa shape index (κ1) is 35.6. The number of aliphatic hydroxyl groups is 1. The maximum absolute atomic E-state index is 13.1. The fraction of sp³-hybridized carbons (Fsp3) is 0.444. The molecule has 2 saturated heterocycles. The highest BCUT2D eigenvalue weighted by molar-refractivity contribution is 6.76. The number of halogens is 3. The summed E-state index contributed by atoms with van der Waals surface area (Å²) in [5.41, 5.74) is 4.84. The topological polar surface area (TPSA) is 97.3 Å². The fourth-order valence-electron chi connectivity index (χ4n) is 5.98. The molecule has 2 aliphatic rings. The van der Waals surface area contributed by atoms with Crippen molar-refractivity contribution in [2.75, 3.05) is 13.1 Å². The van der Waals surface area contributed by atoms with Crippen molar-refractivity contribution in [1.82, 2.24) is 10.2 Å². The van der Waals surface area contributed by atoms with Gasteiger partial charge in [-0.25, -0.2) is 0 Å². The van der Waals surface area contributed by atoms with E-state index in [1.54, 1.807) is 0 Å². The van der Waals surface area contributed by atoms with Gasteiger partial charge in [0.2, 0.25) is 0 Å². The highest BCUT2D eigenvalue weighted by Crippen LogP contribution is 2.40. The van der Waals surface area contributed by atoms with E-state index in [-0.39, 0.29) is 37.4 Å². The number of carbonyl (C=O) groups is 2. The monoisotopic (exact) mass is 702 g/mol. The largest absolute Gasteiger partial charge is 0.459 e. The number of likely N-dealkylation sites (tertiary alicyclic amines) is 1. The summed E-state index contributed by atoms with van der Waals surface area (Å²) in [5, 5.41) is 12.2. The van der Waals surface area contributed by atoms with E-state index in [2.05, 4.69) is 10.2 Å². The van der Waals surface area contributed by atoms with Crippen LogP contribution in [-0.4, -0.2) is 56.5 Å². The molecule has 3 aromatic carbocycles. The lowest BCUT2D eigenvalue weighted by atomic mass is 9.98. The predicted octanol–water partition coefficient (Wildman–Crippen LogP) is 7.18. The van der Waals surface area contributed by atoms with Gasteiger partial charge in [-0.05, 0) is 80.1 Å². The van der Waals surface area contributed by atoms with E-state index in [9.17, 15) is 14.7 Å². The smallest absolute Gasteiger partial charge is 0.323 e. The molecule has 0 aliphatic carbocycles. The lowest BCUT2D eigenvalue weighted by molar-refractivity contribution is -0.253. The Morgan fingerprint density at radius 3 is 2.32 bits per heavy atom. The average molecular weight is 704 g/mol. The van der Waals surface area contributed by atoms with Crippen molar-refractivity contribution in [2.24, 2.45) is 0 Å². The number of alkyl halides is 3. The van der Waals surface area contributed by atoms with Crippen LogP contribution in [0, 0.1) is 0 Å². The summed E-state index contributed by atoms with van der Waals surface area (Å²) >= 11 is 17.1. The van der Waals surface area contributed by atoms with E-state index in [1.807, 2.05) is 93.6 Å². The highest BCUT2D eigenvalue weighted by atomic mass is 35.6. The van der Waals surface area contributed by atoms with Gasteiger partial charge < -0.3 is 24.6 Å². The van der Waals surface area contributed by atoms with E-state index >= 15 is 0 Å². The minimum atomic E-state index is -2.03. The molecule has 0 unspecified atom stereocenters. The minimum Gasteiger partial charge on any atom is -0.459 e. The molecule has 0 spiro atoms. The van der Waals surface area contributed by atoms with E-state index in [4.69, 9.17) is 49.0 Å². The maximum atomic E-state index is 13.1. The van der Waals surface area contributed by atoms with Crippen LogP contribution in [0.1, 0.15) is 74.7 Å². The number of amides is 1. The van der Waals surface area contributed by atoms with Gasteiger partial charge in [-0.1, -0.05) is 95.5 Å². The Balaban J connectivity index is 1.37. The lowest BCUT2D eigenvalue weighted by Gasteiger charge is -2.38. The molecule has 0 radical (unpaired) electrons. The Kier molecular flexibility index (Phi) is 11.6. The molecule has 0 aromatic heterocycles. The van der Waals surface area contributed by atoms with Gasteiger partial charge in [-0.2, -0.15) is 0 Å². The summed E-state index contributed by atoms with van der Waals surface area (Å²) in [6, 6.07) is 23.2. The number of benzene rings is 3. The molecule has 1 amide bonds. The molecule has 47 heavy (non-hydrogen) atoms. The summed E-state index contributed by atoms with van der Waals surface area (Å²) in [7, 11) is 0. The number of aliphatic hydroxyl groups excluding tert-OH is 1. The number of carbonyl (C=O) groups excluding carboxylic acids is 2. The summed E-state index contributed by atoms with van der Waals surface area (Å²) in [4.78, 5) is 27.3. The third-order valence-electron chi connectivity index (χ3n) is 8.23. The molecular formula is C36H41Cl3N2O6. The second kappa shape index (κ2) is 15.2. The number of nitrogens with one attached hydrogen (secondary N) is 1. The van der Waals surface area contributed by atoms with Crippen LogP contribution in [0.4, 0.5) is 0 Å². The minimum absolute atomic E-state index is 0.0333. The van der Waals surface area contributed by atoms with Crippen LogP contribution < -0.4 is 5.32 Å². The number of esters is 1. The van der Waals surface area contributed by atoms with Gasteiger partial charge in [-0.15, -0.1) is 0 Å². The Labute approximate surface area is 291 Å². The number of hydrogen-bond donors (Lipinski definition) is 2. The van der Waals surface area contributed by atoms with Gasteiger partial charge in [0.1, 0.15) is 11.6 Å². The first-order chi connectivity index (χ1) is 22.3. The molecule has 2 N–H and O–H groups in total. The van der Waals surface area contributed by atoms with Crippen LogP contribution in [0.2, 0.25) is 0 Å². The predicted molar refractivity (Wildman–Crippen MR) is 183 cm³/mol. The molecule has 11 heteroatoms. The van der Waals surface area contributed by atoms with Gasteiger partial charge >= 0.3 is 5.97 Å². The maximum Gasteiger partial charge on any atom is 0.323 e. The standard InChI is InChI=1S/C36H41Cl3N2O6/c1-35(2,3)47-32(43)30-11-6-16-41(30)21-29-19-31(25-14-12-23(22-42)13-15-25)46-33(45-29)28-10-5-9-27(18-28)26-8-4-7-24(17-26)20-40-34(44)36(37,38)39/h4-5,7-10,12-15,17-18,29-31,33,42H,6,11,16,19-22H2,1-3H3,(H,40,44)/t29-,30-,31+,33+/m0/s1. The summed E-state index contributed by atoms with van der Waals surface area (Å²) in [5.74, 6) is -0.889. The zero-order chi connectivity index (χ0) is 33.8. The van der Waals surface area contributed by atoms with Gasteiger partial charge in [0.05, 0.1) is 18.8 Å². The van der Waals surface area contributed by atoms with Gasteiger partial charge in [0.15, 0.2) is 6.29 Å². The van der Waals surface area contributed by atoms with E-state index in [0.717, 1.165) is 52.8 Å². The van der Waals surface area contributed by atoms with Crippen molar-refractivity contribution in [3.05, 3.63) is 95.1 Å². The summed E-state index contributed by atoms with van der Waals surface area (Å²) < 4.78 is 16.9. The van der Waals surface area contributed by atoms with Crippen LogP contribution in [0.3, 0.4) is 0 Å². The van der Waals surface area contributed by atoms with Crippen molar-refractivity contribution in [3.63, 3.8) is 0 Å². The van der Waals surface area contributed by atoms with Crippen molar-refractivity contribution in [1.29, 1.82) is 0 Å². The number of nitrogens with zero attached hydrogens (tertiary/aromatic N) is 1. The second-order valence-electron chi connectivity index (χ2n) is 13.0. The quantitative estimate of drug-likeness (QED) is 0.180. The van der Waals surface area contributed by atoms with Crippen LogP contribution in [-0.2, 0) is 37.0 Å². The van der Waals surface area contributed by atoms with E-state index in [0.29, 0.717) is 13.0 Å². The number of ether oxygens (including phenoxy) is 3. The fourth-order valence-corrected chi connectivity index (χ4v) is 6.18. The molecular weight excluding hydrogens is 663 g/mol. The summed E-state index contributed by atoms with van der Waals surface area (Å²) in [6.07, 6.45) is 1.13. The Morgan fingerprint density at radius 2 is 1.64 bits per heavy atom. The van der Waals surface area contributed by atoms with Gasteiger partial charge in [-0.3, -0.25) is 14.5 Å². The molecule has 4 atom stereocenters. The number of hydrogen-bond acceptors (Lipinski definition) is 7. The van der Waals surface area contributed by atoms with Crippen LogP contribution in [0.5, 0.6) is 0 Å². The van der Waals surface area contributed by atoms with Gasteiger partial charge in [0, 0.05) is 25.1 Å². The van der Waals surface area contributed by atoms with Crippen molar-refractivity contribution in [3.8, 4) is 11.1 Å². The first-order valence-corrected chi connectivity index (χ1v) is 16.9. The normalized spacial score (nSPS) is 22.2. The zero-order valence-corrected chi connectivity index (χ0v) is 29.0. The average Bonchev–Trinajstić information content (AvgIpc) is 3.51. The molecule has 252 valence electrons. The second-order valence-corrected chi connectivity index (χ2v) is 15.3. The van der Waals surface area contributed by atoms with Gasteiger partial charge in [0.25, 0.3) is 9.70 Å². The van der Waals surface area contributed by atoms with Crippen LogP contribution in [0.15, 0.2) is 72.8 Å². The lowest BCUT2D eigenvalue weighted by Crippen LogP contribution is -2.45. The third kappa shape index (κ3) is 9.70. The zero-order valence-electron chi connectivity index (χ0n) is 26.8. The first-order valence-electron chi connectivity index (χ1n) is 15.8. The van der Waals surface area contributed by atoms with Crippen molar-refractivity contribution >= 4 is 46.7 Å². The Bertz CT molecular complexity index is 1540. The van der Waals surface area contributed by atoms with Crippen LogP contribution >= 0.6 is 34.8 Å². The van der Waals surface area contributed by atoms with Crippen molar-refractivity contribution < 1.29 is 28.9 Å². The Hall–Kier alpha value is -2.69. The summed E-state index contributed by atoms with van der Waals surface area (Å²) in [6.45, 7) is 7.19. The number of rotatable bonds is 9. The SMILES string of the molecule is CC(C)(C)OC(=O)[C@@H]1CCCN1C[C@@H]1C[C@H](c2ccc(CO)cc2)O[C@H](c2cccc(-c3cccc(CNC(=O)C(Cl)(Cl)Cl)c3)c2)O1. The molecule has 3 aromatic rings. The molecule has 2 heterocycles. The molecule has 2 aliphatic heterocycles. The van der Waals surface area contributed by atoms with Crippen molar-refractivity contribution in [2.45, 2.75) is 87.1 Å². The van der Waals surface area contributed by atoms with Crippen LogP contribution in [0.25, 0.3) is 11.1 Å². The van der Waals surface area contributed by atoms with E-state index < -0.39 is 21.6 Å². The molecule has 2 fully saturated rings. The molecule has 5 rings (SSSR count). The van der Waals surface area contributed by atoms with E-state index in [1.165, 1.54) is 0 Å². The molecule has 8 nitrogen and oxygen atoms in total. The third-order valence-corrected chi connectivity index (χ3v) is 8.74. The molecule has 0 bridgehead atoms. The Morgan fingerprint density at radius 1 is 0.936 bits per heavy atom.